The van der Waals surface area contributed by atoms with Gasteiger partial charge in [0, 0.05) is 4.47 Å². The number of methoxy groups -OCH3 is 1. The number of hydrogen-bond donors (Lipinski definition) is 1. The molecule has 0 aliphatic rings. The number of carbonyl (C=O) groups is 1. The SMILES string of the molecule is CCOc1c(Br)cc(/C=N\NC(=O)c2ccccc2Br)cc1OC. The Kier molecular flexibility index (Phi) is 6.81. The van der Waals surface area contributed by atoms with E-state index in [-0.39, 0.29) is 5.91 Å². The van der Waals surface area contributed by atoms with Crippen LogP contribution < -0.4 is 14.9 Å². The first kappa shape index (κ1) is 18.5. The summed E-state index contributed by atoms with van der Waals surface area (Å²) in [6.07, 6.45) is 1.54. The minimum absolute atomic E-state index is 0.296. The number of halogens is 2. The molecule has 0 aromatic heterocycles. The van der Waals surface area contributed by atoms with Gasteiger partial charge in [-0.15, -0.1) is 0 Å². The number of hydrogen-bond acceptors (Lipinski definition) is 4. The molecule has 5 nitrogen and oxygen atoms in total. The molecule has 0 atom stereocenters. The molecule has 0 aliphatic carbocycles. The Balaban J connectivity index is 2.13. The van der Waals surface area contributed by atoms with E-state index in [1.807, 2.05) is 19.1 Å². The van der Waals surface area contributed by atoms with E-state index in [4.69, 9.17) is 9.47 Å². The van der Waals surface area contributed by atoms with Crippen molar-refractivity contribution in [2.75, 3.05) is 13.7 Å². The van der Waals surface area contributed by atoms with Gasteiger partial charge in [-0.05, 0) is 68.6 Å². The van der Waals surface area contributed by atoms with Crippen molar-refractivity contribution in [1.29, 1.82) is 0 Å². The van der Waals surface area contributed by atoms with E-state index in [0.717, 1.165) is 10.0 Å². The summed E-state index contributed by atoms with van der Waals surface area (Å²) >= 11 is 6.78. The number of amides is 1. The lowest BCUT2D eigenvalue weighted by atomic mass is 10.2. The van der Waals surface area contributed by atoms with Crippen molar-refractivity contribution in [3.05, 3.63) is 56.5 Å². The molecule has 0 heterocycles. The van der Waals surface area contributed by atoms with Gasteiger partial charge in [0.1, 0.15) is 0 Å². The van der Waals surface area contributed by atoms with Gasteiger partial charge in [0.15, 0.2) is 11.5 Å². The van der Waals surface area contributed by atoms with Gasteiger partial charge < -0.3 is 9.47 Å². The first-order valence-corrected chi connectivity index (χ1v) is 8.73. The van der Waals surface area contributed by atoms with Crippen LogP contribution in [-0.4, -0.2) is 25.8 Å². The Hall–Kier alpha value is -1.86. The molecule has 0 radical (unpaired) electrons. The van der Waals surface area contributed by atoms with Crippen molar-refractivity contribution in [1.82, 2.24) is 5.43 Å². The summed E-state index contributed by atoms with van der Waals surface area (Å²) in [4.78, 5) is 12.1. The minimum Gasteiger partial charge on any atom is -0.493 e. The maximum atomic E-state index is 12.1. The van der Waals surface area contributed by atoms with Crippen LogP contribution in [0.5, 0.6) is 11.5 Å². The van der Waals surface area contributed by atoms with Gasteiger partial charge in [-0.3, -0.25) is 4.79 Å². The van der Waals surface area contributed by atoms with Crippen molar-refractivity contribution in [3.63, 3.8) is 0 Å². The van der Waals surface area contributed by atoms with E-state index in [0.29, 0.717) is 28.1 Å². The Morgan fingerprint density at radius 1 is 1.25 bits per heavy atom. The van der Waals surface area contributed by atoms with Crippen LogP contribution in [0.2, 0.25) is 0 Å². The molecule has 1 N–H and O–H groups in total. The summed E-state index contributed by atoms with van der Waals surface area (Å²) in [7, 11) is 1.57. The lowest BCUT2D eigenvalue weighted by molar-refractivity contribution is 0.0954. The summed E-state index contributed by atoms with van der Waals surface area (Å²) in [5, 5.41) is 3.99. The molecule has 0 unspecified atom stereocenters. The minimum atomic E-state index is -0.296. The largest absolute Gasteiger partial charge is 0.493 e. The standard InChI is InChI=1S/C17H16Br2N2O3/c1-3-24-16-14(19)8-11(9-15(16)23-2)10-20-21-17(22)12-6-4-5-7-13(12)18/h4-10H,3H2,1-2H3,(H,21,22)/b20-10-. The van der Waals surface area contributed by atoms with Gasteiger partial charge in [-0.25, -0.2) is 5.43 Å². The van der Waals surface area contributed by atoms with Gasteiger partial charge in [0.2, 0.25) is 0 Å². The second-order valence-corrected chi connectivity index (χ2v) is 6.35. The maximum Gasteiger partial charge on any atom is 0.272 e. The molecule has 0 saturated carbocycles. The maximum absolute atomic E-state index is 12.1. The highest BCUT2D eigenvalue weighted by Crippen LogP contribution is 2.36. The Bertz CT molecular complexity index is 763. The number of nitrogens with zero attached hydrogens (tertiary/aromatic N) is 1. The van der Waals surface area contributed by atoms with Gasteiger partial charge in [-0.2, -0.15) is 5.10 Å². The zero-order chi connectivity index (χ0) is 17.5. The zero-order valence-electron chi connectivity index (χ0n) is 13.2. The second-order valence-electron chi connectivity index (χ2n) is 4.65. The molecule has 126 valence electrons. The second kappa shape index (κ2) is 8.84. The number of ether oxygens (including phenoxy) is 2. The molecule has 0 saturated heterocycles. The number of rotatable bonds is 6. The van der Waals surface area contributed by atoms with Crippen LogP contribution in [-0.2, 0) is 0 Å². The molecular formula is C17H16Br2N2O3. The molecule has 2 rings (SSSR count). The van der Waals surface area contributed by atoms with Gasteiger partial charge in [-0.1, -0.05) is 12.1 Å². The molecular weight excluding hydrogens is 440 g/mol. The van der Waals surface area contributed by atoms with Crippen LogP contribution in [0, 0.1) is 0 Å². The summed E-state index contributed by atoms with van der Waals surface area (Å²) in [6, 6.07) is 10.8. The van der Waals surface area contributed by atoms with E-state index < -0.39 is 0 Å². The van der Waals surface area contributed by atoms with E-state index in [9.17, 15) is 4.79 Å². The fourth-order valence-electron chi connectivity index (χ4n) is 1.97. The van der Waals surface area contributed by atoms with E-state index in [2.05, 4.69) is 42.4 Å². The first-order valence-electron chi connectivity index (χ1n) is 7.15. The van der Waals surface area contributed by atoms with Crippen LogP contribution in [0.1, 0.15) is 22.8 Å². The predicted molar refractivity (Wildman–Crippen MR) is 101 cm³/mol. The molecule has 0 fully saturated rings. The average molecular weight is 456 g/mol. The van der Waals surface area contributed by atoms with Crippen molar-refractivity contribution in [2.45, 2.75) is 6.92 Å². The Labute approximate surface area is 157 Å². The normalized spacial score (nSPS) is 10.7. The fraction of sp³-hybridized carbons (Fsp3) is 0.176. The number of hydrazone groups is 1. The van der Waals surface area contributed by atoms with Gasteiger partial charge >= 0.3 is 0 Å². The van der Waals surface area contributed by atoms with Crippen LogP contribution in [0.3, 0.4) is 0 Å². The van der Waals surface area contributed by atoms with Crippen LogP contribution in [0.25, 0.3) is 0 Å². The Morgan fingerprint density at radius 3 is 2.67 bits per heavy atom. The average Bonchev–Trinajstić information content (AvgIpc) is 2.57. The highest BCUT2D eigenvalue weighted by Gasteiger charge is 2.11. The van der Waals surface area contributed by atoms with Crippen LogP contribution in [0.4, 0.5) is 0 Å². The molecule has 2 aromatic carbocycles. The zero-order valence-corrected chi connectivity index (χ0v) is 16.3. The molecule has 1 amide bonds. The molecule has 0 bridgehead atoms. The monoisotopic (exact) mass is 454 g/mol. The smallest absolute Gasteiger partial charge is 0.272 e. The van der Waals surface area contributed by atoms with Crippen LogP contribution >= 0.6 is 31.9 Å². The molecule has 24 heavy (non-hydrogen) atoms. The molecule has 2 aromatic rings. The summed E-state index contributed by atoms with van der Waals surface area (Å²) in [6.45, 7) is 2.43. The summed E-state index contributed by atoms with van der Waals surface area (Å²) < 4.78 is 12.3. The van der Waals surface area contributed by atoms with E-state index in [1.54, 1.807) is 31.4 Å². The lowest BCUT2D eigenvalue weighted by Gasteiger charge is -2.12. The van der Waals surface area contributed by atoms with Crippen molar-refractivity contribution in [3.8, 4) is 11.5 Å². The molecule has 0 aliphatic heterocycles. The van der Waals surface area contributed by atoms with Gasteiger partial charge in [0.25, 0.3) is 5.91 Å². The highest BCUT2D eigenvalue weighted by molar-refractivity contribution is 9.10. The van der Waals surface area contributed by atoms with E-state index in [1.165, 1.54) is 6.21 Å². The van der Waals surface area contributed by atoms with E-state index >= 15 is 0 Å². The highest BCUT2D eigenvalue weighted by atomic mass is 79.9. The number of nitrogens with one attached hydrogen (secondary N) is 1. The topological polar surface area (TPSA) is 59.9 Å². The number of carbonyl (C=O) groups excluding carboxylic acids is 1. The van der Waals surface area contributed by atoms with Crippen LogP contribution in [0.15, 0.2) is 50.4 Å². The predicted octanol–water partition coefficient (Wildman–Crippen LogP) is 4.38. The van der Waals surface area contributed by atoms with Gasteiger partial charge in [0.05, 0.1) is 30.0 Å². The third-order valence-corrected chi connectivity index (χ3v) is 4.32. The third kappa shape index (κ3) is 4.58. The first-order chi connectivity index (χ1) is 11.6. The Morgan fingerprint density at radius 2 is 2.00 bits per heavy atom. The van der Waals surface area contributed by atoms with Crippen molar-refractivity contribution < 1.29 is 14.3 Å². The molecule has 7 heteroatoms. The fourth-order valence-corrected chi connectivity index (χ4v) is 3.01. The summed E-state index contributed by atoms with van der Waals surface area (Å²) in [5.74, 6) is 0.926. The van der Waals surface area contributed by atoms with Crippen molar-refractivity contribution in [2.24, 2.45) is 5.10 Å². The third-order valence-electron chi connectivity index (χ3n) is 3.04. The number of benzene rings is 2. The summed E-state index contributed by atoms with van der Waals surface area (Å²) in [5.41, 5.74) is 3.77. The lowest BCUT2D eigenvalue weighted by Crippen LogP contribution is -2.18. The quantitative estimate of drug-likeness (QED) is 0.519. The van der Waals surface area contributed by atoms with Crippen molar-refractivity contribution >= 4 is 44.0 Å². The molecule has 0 spiro atoms.